The van der Waals surface area contributed by atoms with Gasteiger partial charge in [0.05, 0.1) is 22.4 Å². The zero-order valence-electron chi connectivity index (χ0n) is 10.7. The van der Waals surface area contributed by atoms with Gasteiger partial charge in [-0.25, -0.2) is 4.98 Å². The first-order chi connectivity index (χ1) is 8.61. The topological polar surface area (TPSA) is 37.8 Å². The lowest BCUT2D eigenvalue weighted by molar-refractivity contribution is 0.571. The van der Waals surface area contributed by atoms with Gasteiger partial charge >= 0.3 is 0 Å². The molecule has 0 aliphatic rings. The molecule has 2 aromatic rings. The number of likely N-dealkylation sites (N-methyl/N-ethyl adjacent to an activating group) is 1. The van der Waals surface area contributed by atoms with Gasteiger partial charge in [0.25, 0.3) is 0 Å². The van der Waals surface area contributed by atoms with Gasteiger partial charge in [-0.15, -0.1) is 11.3 Å². The molecule has 0 bridgehead atoms. The Kier molecular flexibility index (Phi) is 4.48. The van der Waals surface area contributed by atoms with Crippen molar-refractivity contribution in [3.63, 3.8) is 0 Å². The Morgan fingerprint density at radius 2 is 2.22 bits per heavy atom. The third kappa shape index (κ3) is 2.96. The van der Waals surface area contributed by atoms with Crippen molar-refractivity contribution in [2.24, 2.45) is 0 Å². The van der Waals surface area contributed by atoms with Crippen LogP contribution >= 0.6 is 27.3 Å². The van der Waals surface area contributed by atoms with Crippen molar-refractivity contribution in [3.8, 4) is 0 Å². The first-order valence-corrected chi connectivity index (χ1v) is 7.43. The van der Waals surface area contributed by atoms with Crippen LogP contribution in [0.25, 0.3) is 0 Å². The summed E-state index contributed by atoms with van der Waals surface area (Å²) in [7, 11) is 1.96. The fraction of sp³-hybridized carbons (Fsp3) is 0.385. The molecule has 0 aliphatic carbocycles. The van der Waals surface area contributed by atoms with Gasteiger partial charge in [0.1, 0.15) is 0 Å². The summed E-state index contributed by atoms with van der Waals surface area (Å²) in [4.78, 5) is 10.3. The predicted molar refractivity (Wildman–Crippen MR) is 79.0 cm³/mol. The smallest absolute Gasteiger partial charge is 0.0950 e. The number of aromatic nitrogens is 2. The van der Waals surface area contributed by atoms with E-state index in [9.17, 15) is 0 Å². The minimum Gasteiger partial charge on any atom is -0.311 e. The number of pyridine rings is 1. The monoisotopic (exact) mass is 325 g/mol. The Morgan fingerprint density at radius 1 is 1.44 bits per heavy atom. The highest BCUT2D eigenvalue weighted by Crippen LogP contribution is 2.26. The van der Waals surface area contributed by atoms with Gasteiger partial charge in [-0.2, -0.15) is 0 Å². The van der Waals surface area contributed by atoms with Crippen LogP contribution in [0.2, 0.25) is 0 Å². The predicted octanol–water partition coefficient (Wildman–Crippen LogP) is 3.42. The summed E-state index contributed by atoms with van der Waals surface area (Å²) in [5, 5.41) is 4.47. The lowest BCUT2D eigenvalue weighted by Crippen LogP contribution is -2.20. The molecular formula is C13H16BrN3S. The maximum atomic E-state index is 4.59. The fourth-order valence-corrected chi connectivity index (χ4v) is 3.30. The highest BCUT2D eigenvalue weighted by Gasteiger charge is 2.16. The second-order valence-electron chi connectivity index (χ2n) is 4.17. The van der Waals surface area contributed by atoms with E-state index in [-0.39, 0.29) is 6.04 Å². The summed E-state index contributed by atoms with van der Waals surface area (Å²) in [5.41, 5.74) is 2.16. The normalized spacial score (nSPS) is 12.7. The molecule has 2 rings (SSSR count). The van der Waals surface area contributed by atoms with E-state index >= 15 is 0 Å². The number of hydrogen-bond acceptors (Lipinski definition) is 4. The van der Waals surface area contributed by atoms with Crippen LogP contribution in [0.5, 0.6) is 0 Å². The Morgan fingerprint density at radius 3 is 2.78 bits per heavy atom. The third-order valence-electron chi connectivity index (χ3n) is 2.92. The van der Waals surface area contributed by atoms with Crippen LogP contribution in [-0.4, -0.2) is 17.0 Å². The average Bonchev–Trinajstić information content (AvgIpc) is 2.66. The van der Waals surface area contributed by atoms with Gasteiger partial charge in [0, 0.05) is 22.0 Å². The van der Waals surface area contributed by atoms with Crippen LogP contribution in [0.3, 0.4) is 0 Å². The Bertz CT molecular complexity index is 519. The lowest BCUT2D eigenvalue weighted by atomic mass is 10.1. The van der Waals surface area contributed by atoms with Crippen molar-refractivity contribution in [3.05, 3.63) is 44.1 Å². The Balaban J connectivity index is 2.22. The van der Waals surface area contributed by atoms with Crippen LogP contribution in [0.4, 0.5) is 0 Å². The Hall–Kier alpha value is -0.780. The van der Waals surface area contributed by atoms with E-state index in [0.29, 0.717) is 0 Å². The summed E-state index contributed by atoms with van der Waals surface area (Å²) in [6.45, 7) is 4.17. The summed E-state index contributed by atoms with van der Waals surface area (Å²) >= 11 is 5.32. The molecule has 0 saturated heterocycles. The lowest BCUT2D eigenvalue weighted by Gasteiger charge is -2.15. The number of nitrogens with zero attached hydrogens (tertiary/aromatic N) is 2. The summed E-state index contributed by atoms with van der Waals surface area (Å²) in [6, 6.07) is 4.13. The van der Waals surface area contributed by atoms with Gasteiger partial charge < -0.3 is 5.32 Å². The van der Waals surface area contributed by atoms with E-state index in [1.54, 1.807) is 11.3 Å². The van der Waals surface area contributed by atoms with E-state index in [1.165, 1.54) is 4.88 Å². The highest BCUT2D eigenvalue weighted by atomic mass is 79.9. The molecule has 0 saturated carbocycles. The molecule has 96 valence electrons. The van der Waals surface area contributed by atoms with Crippen molar-refractivity contribution in [1.29, 1.82) is 0 Å². The number of rotatable bonds is 4. The molecule has 2 heterocycles. The average molecular weight is 326 g/mol. The van der Waals surface area contributed by atoms with Crippen molar-refractivity contribution in [1.82, 2.24) is 15.3 Å². The van der Waals surface area contributed by atoms with Crippen LogP contribution < -0.4 is 5.32 Å². The molecule has 0 radical (unpaired) electrons. The van der Waals surface area contributed by atoms with Crippen molar-refractivity contribution in [2.75, 3.05) is 7.05 Å². The molecule has 0 amide bonds. The van der Waals surface area contributed by atoms with Gasteiger partial charge in [-0.05, 0) is 49.0 Å². The van der Waals surface area contributed by atoms with Crippen LogP contribution in [0.1, 0.15) is 27.3 Å². The highest BCUT2D eigenvalue weighted by molar-refractivity contribution is 9.10. The molecule has 0 spiro atoms. The Labute approximate surface area is 120 Å². The van der Waals surface area contributed by atoms with E-state index in [2.05, 4.69) is 45.1 Å². The number of aryl methyl sites for hydroxylation is 2. The van der Waals surface area contributed by atoms with Crippen molar-refractivity contribution in [2.45, 2.75) is 26.3 Å². The van der Waals surface area contributed by atoms with E-state index < -0.39 is 0 Å². The van der Waals surface area contributed by atoms with Crippen LogP contribution in [0, 0.1) is 13.8 Å². The maximum Gasteiger partial charge on any atom is 0.0950 e. The number of thiazole rings is 1. The standard InChI is InChI=1S/C13H16BrN3S/c1-8-9(2)18-12(17-8)7-11(15-3)13-10(14)5-4-6-16-13/h4-6,11,15H,7H2,1-3H3. The number of hydrogen-bond donors (Lipinski definition) is 1. The second-order valence-corrected chi connectivity index (χ2v) is 6.31. The number of nitrogens with one attached hydrogen (secondary N) is 1. The van der Waals surface area contributed by atoms with Crippen LogP contribution in [0.15, 0.2) is 22.8 Å². The molecule has 0 fully saturated rings. The minimum atomic E-state index is 0.186. The summed E-state index contributed by atoms with van der Waals surface area (Å²) < 4.78 is 1.04. The van der Waals surface area contributed by atoms with Gasteiger partial charge in [-0.1, -0.05) is 0 Å². The van der Waals surface area contributed by atoms with Crippen molar-refractivity contribution >= 4 is 27.3 Å². The molecule has 3 nitrogen and oxygen atoms in total. The third-order valence-corrected chi connectivity index (χ3v) is 4.68. The second kappa shape index (κ2) is 5.91. The quantitative estimate of drug-likeness (QED) is 0.935. The van der Waals surface area contributed by atoms with E-state index in [0.717, 1.165) is 27.3 Å². The van der Waals surface area contributed by atoms with Crippen molar-refractivity contribution < 1.29 is 0 Å². The fourth-order valence-electron chi connectivity index (χ4n) is 1.79. The van der Waals surface area contributed by atoms with E-state index in [1.807, 2.05) is 25.4 Å². The molecule has 1 N–H and O–H groups in total. The zero-order chi connectivity index (χ0) is 13.1. The SMILES string of the molecule is CNC(Cc1nc(C)c(C)s1)c1ncccc1Br. The molecule has 18 heavy (non-hydrogen) atoms. The van der Waals surface area contributed by atoms with Gasteiger partial charge in [0.2, 0.25) is 0 Å². The zero-order valence-corrected chi connectivity index (χ0v) is 13.1. The number of halogens is 1. The van der Waals surface area contributed by atoms with Crippen LogP contribution in [-0.2, 0) is 6.42 Å². The maximum absolute atomic E-state index is 4.59. The molecule has 1 atom stereocenters. The molecule has 0 aromatic carbocycles. The molecule has 5 heteroatoms. The first-order valence-electron chi connectivity index (χ1n) is 5.82. The van der Waals surface area contributed by atoms with E-state index in [4.69, 9.17) is 0 Å². The molecular weight excluding hydrogens is 310 g/mol. The largest absolute Gasteiger partial charge is 0.311 e. The molecule has 1 unspecified atom stereocenters. The van der Waals surface area contributed by atoms with Gasteiger partial charge in [-0.3, -0.25) is 4.98 Å². The molecule has 0 aliphatic heterocycles. The summed E-state index contributed by atoms with van der Waals surface area (Å²) in [5.74, 6) is 0. The first kappa shape index (κ1) is 13.6. The minimum absolute atomic E-state index is 0.186. The molecule has 2 aromatic heterocycles. The van der Waals surface area contributed by atoms with Gasteiger partial charge in [0.15, 0.2) is 0 Å². The summed E-state index contributed by atoms with van der Waals surface area (Å²) in [6.07, 6.45) is 2.69.